The smallest absolute Gasteiger partial charge is 0.251 e. The van der Waals surface area contributed by atoms with Crippen LogP contribution in [0.5, 0.6) is 5.75 Å². The van der Waals surface area contributed by atoms with Crippen LogP contribution in [0.3, 0.4) is 0 Å². The maximum atomic E-state index is 13.6. The van der Waals surface area contributed by atoms with Crippen molar-refractivity contribution in [3.63, 3.8) is 0 Å². The van der Waals surface area contributed by atoms with E-state index in [-0.39, 0.29) is 16.4 Å². The van der Waals surface area contributed by atoms with Gasteiger partial charge in [-0.1, -0.05) is 5.16 Å². The Morgan fingerprint density at radius 2 is 1.76 bits per heavy atom. The molecule has 0 aliphatic heterocycles. The normalized spacial score (nSPS) is 24.1. The van der Waals surface area contributed by atoms with Gasteiger partial charge in [-0.15, -0.1) is 5.10 Å². The van der Waals surface area contributed by atoms with E-state index in [1.54, 1.807) is 0 Å². The molecule has 1 aromatic carbocycles. The average molecular weight is 455 g/mol. The van der Waals surface area contributed by atoms with Crippen LogP contribution in [-0.4, -0.2) is 37.9 Å². The molecule has 0 radical (unpaired) electrons. The molecule has 0 atom stereocenters. The van der Waals surface area contributed by atoms with Gasteiger partial charge in [0.25, 0.3) is 5.91 Å². The number of hydrogen-bond acceptors (Lipinski definition) is 7. The summed E-state index contributed by atoms with van der Waals surface area (Å²) in [7, 11) is 0. The predicted octanol–water partition coefficient (Wildman–Crippen LogP) is 3.84. The number of halogens is 2. The number of fused-ring (bicyclic) bond motifs is 3. The van der Waals surface area contributed by atoms with Crippen LogP contribution in [0.2, 0.25) is 0 Å². The minimum absolute atomic E-state index is 0.0727. The maximum Gasteiger partial charge on any atom is 0.251 e. The van der Waals surface area contributed by atoms with Gasteiger partial charge in [-0.3, -0.25) is 4.79 Å². The number of phenolic OH excluding ortho intramolecular Hbond substituents is 1. The van der Waals surface area contributed by atoms with Gasteiger partial charge in [0, 0.05) is 17.5 Å². The molecule has 3 fully saturated rings. The number of amides is 1. The zero-order chi connectivity index (χ0) is 23.2. The van der Waals surface area contributed by atoms with Gasteiger partial charge in [-0.25, -0.2) is 8.78 Å². The molecule has 8 nitrogen and oxygen atoms in total. The first-order valence-corrected chi connectivity index (χ1v) is 10.9. The van der Waals surface area contributed by atoms with E-state index in [9.17, 15) is 18.7 Å². The van der Waals surface area contributed by atoms with Crippen molar-refractivity contribution in [3.05, 3.63) is 53.0 Å². The third-order valence-corrected chi connectivity index (χ3v) is 7.21. The summed E-state index contributed by atoms with van der Waals surface area (Å²) in [6.07, 6.45) is 5.17. The molecule has 0 spiro atoms. The van der Waals surface area contributed by atoms with Gasteiger partial charge in [-0.05, 0) is 75.1 Å². The number of benzene rings is 1. The van der Waals surface area contributed by atoms with E-state index in [0.29, 0.717) is 24.0 Å². The molecule has 0 unspecified atom stereocenters. The van der Waals surface area contributed by atoms with E-state index in [1.165, 1.54) is 0 Å². The Labute approximate surface area is 188 Å². The number of phenols is 1. The Hall–Kier alpha value is -3.43. The molecule has 6 rings (SSSR count). The van der Waals surface area contributed by atoms with E-state index < -0.39 is 23.3 Å². The van der Waals surface area contributed by atoms with Crippen LogP contribution in [0.1, 0.15) is 60.5 Å². The second-order valence-corrected chi connectivity index (χ2v) is 9.23. The Morgan fingerprint density at radius 3 is 2.36 bits per heavy atom. The molecule has 2 aromatic heterocycles. The van der Waals surface area contributed by atoms with Gasteiger partial charge < -0.3 is 14.9 Å². The van der Waals surface area contributed by atoms with E-state index in [4.69, 9.17) is 4.52 Å². The van der Waals surface area contributed by atoms with Gasteiger partial charge in [0.2, 0.25) is 11.7 Å². The second kappa shape index (κ2) is 7.86. The lowest BCUT2D eigenvalue weighted by atomic mass is 9.53. The fraction of sp³-hybridized carbons (Fsp3) is 0.435. The minimum Gasteiger partial charge on any atom is -0.503 e. The van der Waals surface area contributed by atoms with E-state index in [2.05, 4.69) is 25.7 Å². The zero-order valence-corrected chi connectivity index (χ0v) is 18.1. The van der Waals surface area contributed by atoms with E-state index >= 15 is 0 Å². The zero-order valence-electron chi connectivity index (χ0n) is 18.1. The lowest BCUT2D eigenvalue weighted by molar-refractivity contribution is 0.0229. The van der Waals surface area contributed by atoms with Crippen molar-refractivity contribution in [1.29, 1.82) is 0 Å². The molecular weight excluding hydrogens is 432 g/mol. The number of carbonyl (C=O) groups excluding carboxylic acids is 1. The number of rotatable bonds is 5. The number of hydrogen-bond donors (Lipinski definition) is 2. The highest BCUT2D eigenvalue weighted by atomic mass is 19.1. The first-order chi connectivity index (χ1) is 15.8. The molecule has 1 amide bonds. The largest absolute Gasteiger partial charge is 0.503 e. The van der Waals surface area contributed by atoms with E-state index in [0.717, 1.165) is 56.4 Å². The quantitative estimate of drug-likeness (QED) is 0.601. The highest BCUT2D eigenvalue weighted by Crippen LogP contribution is 2.57. The lowest BCUT2D eigenvalue weighted by Crippen LogP contribution is -2.49. The molecule has 3 aliphatic rings. The number of aromatic nitrogens is 4. The van der Waals surface area contributed by atoms with Crippen LogP contribution in [0.4, 0.5) is 8.78 Å². The van der Waals surface area contributed by atoms with Crippen LogP contribution in [-0.2, 0) is 5.41 Å². The molecular formula is C23H23F2N5O3. The van der Waals surface area contributed by atoms with Gasteiger partial charge in [0.05, 0.1) is 5.69 Å². The highest BCUT2D eigenvalue weighted by Gasteiger charge is 2.52. The summed E-state index contributed by atoms with van der Waals surface area (Å²) in [6.45, 7) is 2.28. The van der Waals surface area contributed by atoms with E-state index in [1.807, 2.05) is 19.1 Å². The second-order valence-electron chi connectivity index (χ2n) is 9.23. The Morgan fingerprint density at radius 1 is 1.09 bits per heavy atom. The Balaban J connectivity index is 1.24. The first-order valence-electron chi connectivity index (χ1n) is 10.9. The number of aromatic hydroxyl groups is 1. The molecule has 2 heterocycles. The fourth-order valence-corrected chi connectivity index (χ4v) is 4.98. The predicted molar refractivity (Wildman–Crippen MR) is 112 cm³/mol. The molecule has 3 aliphatic carbocycles. The molecule has 33 heavy (non-hydrogen) atoms. The average Bonchev–Trinajstić information content (AvgIpc) is 3.33. The molecule has 172 valence electrons. The van der Waals surface area contributed by atoms with Crippen LogP contribution >= 0.6 is 0 Å². The van der Waals surface area contributed by atoms with Crippen LogP contribution in [0, 0.1) is 24.0 Å². The van der Waals surface area contributed by atoms with Gasteiger partial charge >= 0.3 is 0 Å². The Bertz CT molecular complexity index is 1160. The van der Waals surface area contributed by atoms with Crippen molar-refractivity contribution >= 4 is 5.91 Å². The monoisotopic (exact) mass is 455 g/mol. The number of nitrogens with one attached hydrogen (secondary N) is 1. The highest BCUT2D eigenvalue weighted by molar-refractivity contribution is 5.94. The summed E-state index contributed by atoms with van der Waals surface area (Å²) in [5.74, 6) is -2.92. The molecule has 0 saturated heterocycles. The molecule has 2 bridgehead atoms. The topological polar surface area (TPSA) is 114 Å². The van der Waals surface area contributed by atoms with Gasteiger partial charge in [0.1, 0.15) is 5.69 Å². The van der Waals surface area contributed by atoms with Gasteiger partial charge in [0.15, 0.2) is 17.4 Å². The van der Waals surface area contributed by atoms with Crippen molar-refractivity contribution in [2.24, 2.45) is 5.41 Å². The molecule has 10 heteroatoms. The summed E-state index contributed by atoms with van der Waals surface area (Å²) in [5, 5.41) is 24.3. The SMILES string of the molecule is Cc1ccc(-c2noc(C34CCC(CNC(=O)c5cc(F)c(O)c(F)c5)(CC3)CC4)n2)nn1. The van der Waals surface area contributed by atoms with Crippen LogP contribution < -0.4 is 5.32 Å². The standard InChI is InChI=1S/C23H23F2N5O3/c1-13-2-3-17(29-28-13)19-27-21(33-30-19)23-7-4-22(5-8-23,6-9-23)12-26-20(32)14-10-15(24)18(31)16(25)11-14/h2-3,10-11,31H,4-9,12H2,1H3,(H,26,32). The van der Waals surface area contributed by atoms with Crippen molar-refractivity contribution < 1.29 is 23.2 Å². The maximum absolute atomic E-state index is 13.6. The number of carbonyl (C=O) groups is 1. The molecule has 2 N–H and O–H groups in total. The van der Waals surface area contributed by atoms with Crippen LogP contribution in [0.15, 0.2) is 28.8 Å². The van der Waals surface area contributed by atoms with Crippen molar-refractivity contribution in [1.82, 2.24) is 25.7 Å². The minimum atomic E-state index is -1.16. The molecule has 3 saturated carbocycles. The summed E-state index contributed by atoms with van der Waals surface area (Å²) < 4.78 is 32.8. The molecule has 3 aromatic rings. The summed E-state index contributed by atoms with van der Waals surface area (Å²) in [6, 6.07) is 5.34. The van der Waals surface area contributed by atoms with Crippen LogP contribution in [0.25, 0.3) is 11.5 Å². The third-order valence-electron chi connectivity index (χ3n) is 7.21. The van der Waals surface area contributed by atoms with Gasteiger partial charge in [-0.2, -0.15) is 10.1 Å². The lowest BCUT2D eigenvalue weighted by Gasteiger charge is -2.51. The first kappa shape index (κ1) is 21.4. The van der Waals surface area contributed by atoms with Crippen molar-refractivity contribution in [2.75, 3.05) is 6.54 Å². The summed E-state index contributed by atoms with van der Waals surface area (Å²) >= 11 is 0. The third kappa shape index (κ3) is 3.83. The summed E-state index contributed by atoms with van der Waals surface area (Å²) in [5.41, 5.74) is 0.968. The van der Waals surface area contributed by atoms with Crippen molar-refractivity contribution in [3.8, 4) is 17.3 Å². The summed E-state index contributed by atoms with van der Waals surface area (Å²) in [4.78, 5) is 17.1. The number of nitrogens with zero attached hydrogens (tertiary/aromatic N) is 4. The number of aryl methyl sites for hydroxylation is 1. The fourth-order valence-electron chi connectivity index (χ4n) is 4.98. The van der Waals surface area contributed by atoms with Crippen molar-refractivity contribution in [2.45, 2.75) is 50.9 Å². The Kier molecular flexibility index (Phi) is 5.10.